The first kappa shape index (κ1) is 18.9. The van der Waals surface area contributed by atoms with Crippen molar-refractivity contribution in [3.05, 3.63) is 28.2 Å². The second kappa shape index (κ2) is 7.82. The van der Waals surface area contributed by atoms with E-state index in [4.69, 9.17) is 27.9 Å². The molecule has 1 atom stereocenters. The minimum Gasteiger partial charge on any atom is -0.450 e. The molecule has 9 heteroatoms. The number of carbonyl (C=O) groups is 3. The van der Waals surface area contributed by atoms with E-state index in [-0.39, 0.29) is 34.4 Å². The maximum absolute atomic E-state index is 12.9. The summed E-state index contributed by atoms with van der Waals surface area (Å²) < 4.78 is 4.99. The predicted octanol–water partition coefficient (Wildman–Crippen LogP) is 2.40. The van der Waals surface area contributed by atoms with Crippen molar-refractivity contribution in [1.82, 2.24) is 9.80 Å². The number of piperazine rings is 1. The molecule has 3 rings (SSSR count). The predicted molar refractivity (Wildman–Crippen MR) is 97.5 cm³/mol. The summed E-state index contributed by atoms with van der Waals surface area (Å²) in [6.07, 6.45) is -0.269. The van der Waals surface area contributed by atoms with Crippen LogP contribution in [-0.2, 0) is 14.3 Å². The van der Waals surface area contributed by atoms with Gasteiger partial charge in [0, 0.05) is 26.2 Å². The molecule has 2 heterocycles. The quantitative estimate of drug-likeness (QED) is 0.729. The van der Waals surface area contributed by atoms with Crippen molar-refractivity contribution in [1.29, 1.82) is 0 Å². The summed E-state index contributed by atoms with van der Waals surface area (Å²) in [7, 11) is 0. The average molecular weight is 400 g/mol. The normalized spacial score (nSPS) is 21.4. The van der Waals surface area contributed by atoms with Crippen molar-refractivity contribution in [3.63, 3.8) is 0 Å². The lowest BCUT2D eigenvalue weighted by Crippen LogP contribution is -2.54. The minimum absolute atomic E-state index is 0.0844. The van der Waals surface area contributed by atoms with Gasteiger partial charge in [-0.15, -0.1) is 0 Å². The van der Waals surface area contributed by atoms with Gasteiger partial charge in [-0.2, -0.15) is 0 Å². The van der Waals surface area contributed by atoms with Crippen LogP contribution >= 0.6 is 23.2 Å². The van der Waals surface area contributed by atoms with Gasteiger partial charge in [-0.25, -0.2) is 9.69 Å². The fourth-order valence-corrected chi connectivity index (χ4v) is 3.63. The molecule has 2 aliphatic heterocycles. The molecule has 0 aromatic heterocycles. The molecule has 0 aliphatic carbocycles. The largest absolute Gasteiger partial charge is 0.450 e. The second-order valence-electron chi connectivity index (χ2n) is 6.08. The van der Waals surface area contributed by atoms with Gasteiger partial charge in [-0.05, 0) is 19.1 Å². The van der Waals surface area contributed by atoms with Gasteiger partial charge < -0.3 is 9.64 Å². The molecule has 3 amide bonds. The van der Waals surface area contributed by atoms with Gasteiger partial charge in [-0.1, -0.05) is 29.3 Å². The summed E-state index contributed by atoms with van der Waals surface area (Å²) >= 11 is 12.2. The maximum Gasteiger partial charge on any atom is 0.409 e. The highest BCUT2D eigenvalue weighted by molar-refractivity contribution is 6.44. The van der Waals surface area contributed by atoms with Gasteiger partial charge in [-0.3, -0.25) is 14.5 Å². The van der Waals surface area contributed by atoms with Gasteiger partial charge in [0.25, 0.3) is 5.91 Å². The van der Waals surface area contributed by atoms with Gasteiger partial charge >= 0.3 is 6.09 Å². The first-order valence-electron chi connectivity index (χ1n) is 8.40. The Kier molecular flexibility index (Phi) is 5.70. The molecule has 0 bridgehead atoms. The molecule has 2 aliphatic rings. The SMILES string of the molecule is CCOC(=O)N1CCN(C2CC(=O)N(c3cccc(Cl)c3Cl)C2=O)CC1. The lowest BCUT2D eigenvalue weighted by Gasteiger charge is -2.36. The maximum atomic E-state index is 12.9. The Hall–Kier alpha value is -1.83. The van der Waals surface area contributed by atoms with Gasteiger partial charge in [0.15, 0.2) is 0 Å². The van der Waals surface area contributed by atoms with E-state index < -0.39 is 6.04 Å². The van der Waals surface area contributed by atoms with Crippen LogP contribution in [0, 0.1) is 0 Å². The van der Waals surface area contributed by atoms with E-state index in [0.717, 1.165) is 4.90 Å². The molecule has 1 unspecified atom stereocenters. The Bertz CT molecular complexity index is 735. The Morgan fingerprint density at radius 2 is 1.88 bits per heavy atom. The first-order valence-corrected chi connectivity index (χ1v) is 9.16. The van der Waals surface area contributed by atoms with E-state index >= 15 is 0 Å². The third kappa shape index (κ3) is 3.51. The number of rotatable bonds is 3. The number of anilines is 1. The standard InChI is InChI=1S/C17H19Cl2N3O4/c1-2-26-17(25)21-8-6-20(7-9-21)13-10-14(23)22(16(13)24)12-5-3-4-11(18)15(12)19/h3-5,13H,2,6-10H2,1H3. The fourth-order valence-electron chi connectivity index (χ4n) is 3.25. The third-order valence-electron chi connectivity index (χ3n) is 4.58. The Morgan fingerprint density at radius 3 is 2.54 bits per heavy atom. The summed E-state index contributed by atoms with van der Waals surface area (Å²) in [4.78, 5) is 41.7. The molecule has 0 N–H and O–H groups in total. The van der Waals surface area contributed by atoms with Crippen LogP contribution in [0.15, 0.2) is 18.2 Å². The zero-order chi connectivity index (χ0) is 18.8. The zero-order valence-electron chi connectivity index (χ0n) is 14.3. The molecule has 0 radical (unpaired) electrons. The van der Waals surface area contributed by atoms with Crippen LogP contribution in [0.4, 0.5) is 10.5 Å². The number of carbonyl (C=O) groups excluding carboxylic acids is 3. The number of ether oxygens (including phenoxy) is 1. The monoisotopic (exact) mass is 399 g/mol. The van der Waals surface area contributed by atoms with E-state index in [0.29, 0.717) is 38.5 Å². The Balaban J connectivity index is 1.70. The molecule has 1 aromatic carbocycles. The van der Waals surface area contributed by atoms with Crippen LogP contribution in [0.1, 0.15) is 13.3 Å². The number of hydrogen-bond acceptors (Lipinski definition) is 5. The molecule has 0 saturated carbocycles. The number of nitrogens with zero attached hydrogens (tertiary/aromatic N) is 3. The number of amides is 3. The summed E-state index contributed by atoms with van der Waals surface area (Å²) in [6, 6.07) is 4.30. The van der Waals surface area contributed by atoms with Crippen LogP contribution < -0.4 is 4.90 Å². The van der Waals surface area contributed by atoms with Crippen molar-refractivity contribution in [2.24, 2.45) is 0 Å². The Labute approximate surface area is 161 Å². The Morgan fingerprint density at radius 1 is 1.19 bits per heavy atom. The van der Waals surface area contributed by atoms with Crippen molar-refractivity contribution in [2.75, 3.05) is 37.7 Å². The lowest BCUT2D eigenvalue weighted by atomic mass is 10.2. The van der Waals surface area contributed by atoms with Crippen LogP contribution in [0.25, 0.3) is 0 Å². The molecule has 2 saturated heterocycles. The molecule has 2 fully saturated rings. The van der Waals surface area contributed by atoms with Crippen LogP contribution in [0.3, 0.4) is 0 Å². The molecular formula is C17H19Cl2N3O4. The molecule has 1 aromatic rings. The minimum atomic E-state index is -0.554. The highest BCUT2D eigenvalue weighted by Gasteiger charge is 2.44. The fraction of sp³-hybridized carbons (Fsp3) is 0.471. The van der Waals surface area contributed by atoms with Gasteiger partial charge in [0.05, 0.1) is 34.8 Å². The van der Waals surface area contributed by atoms with Crippen molar-refractivity contribution < 1.29 is 19.1 Å². The van der Waals surface area contributed by atoms with Crippen LogP contribution in [-0.4, -0.2) is 66.5 Å². The van der Waals surface area contributed by atoms with E-state index in [9.17, 15) is 14.4 Å². The summed E-state index contributed by atoms with van der Waals surface area (Å²) in [5.41, 5.74) is 0.307. The lowest BCUT2D eigenvalue weighted by molar-refractivity contribution is -0.123. The topological polar surface area (TPSA) is 70.2 Å². The van der Waals surface area contributed by atoms with Crippen LogP contribution in [0.5, 0.6) is 0 Å². The first-order chi connectivity index (χ1) is 12.4. The van der Waals surface area contributed by atoms with E-state index in [1.165, 1.54) is 0 Å². The van der Waals surface area contributed by atoms with E-state index in [1.54, 1.807) is 30.0 Å². The number of benzene rings is 1. The molecule has 26 heavy (non-hydrogen) atoms. The molecule has 140 valence electrons. The summed E-state index contributed by atoms with van der Waals surface area (Å²) in [5, 5.41) is 0.472. The highest BCUT2D eigenvalue weighted by Crippen LogP contribution is 2.36. The molecule has 0 spiro atoms. The van der Waals surface area contributed by atoms with Crippen LogP contribution in [0.2, 0.25) is 10.0 Å². The number of imide groups is 1. The van der Waals surface area contributed by atoms with Crippen molar-refractivity contribution >= 4 is 46.8 Å². The van der Waals surface area contributed by atoms with Gasteiger partial charge in [0.2, 0.25) is 5.91 Å². The third-order valence-corrected chi connectivity index (χ3v) is 5.38. The second-order valence-corrected chi connectivity index (χ2v) is 6.87. The number of hydrogen-bond donors (Lipinski definition) is 0. The smallest absolute Gasteiger partial charge is 0.409 e. The zero-order valence-corrected chi connectivity index (χ0v) is 15.8. The molecule has 7 nitrogen and oxygen atoms in total. The molecular weight excluding hydrogens is 381 g/mol. The van der Waals surface area contributed by atoms with E-state index in [2.05, 4.69) is 0 Å². The van der Waals surface area contributed by atoms with Gasteiger partial charge in [0.1, 0.15) is 0 Å². The summed E-state index contributed by atoms with van der Waals surface area (Å²) in [6.45, 7) is 3.99. The average Bonchev–Trinajstić information content (AvgIpc) is 2.92. The highest BCUT2D eigenvalue weighted by atomic mass is 35.5. The number of halogens is 2. The van der Waals surface area contributed by atoms with E-state index in [1.807, 2.05) is 4.90 Å². The van der Waals surface area contributed by atoms with Crippen molar-refractivity contribution in [2.45, 2.75) is 19.4 Å². The van der Waals surface area contributed by atoms with Crippen molar-refractivity contribution in [3.8, 4) is 0 Å². The summed E-state index contributed by atoms with van der Waals surface area (Å²) in [5.74, 6) is -0.624.